The van der Waals surface area contributed by atoms with Crippen molar-refractivity contribution in [3.8, 4) is 0 Å². The Morgan fingerprint density at radius 2 is 1.95 bits per heavy atom. The third-order valence-corrected chi connectivity index (χ3v) is 5.51. The van der Waals surface area contributed by atoms with E-state index < -0.39 is 0 Å². The second-order valence-corrected chi connectivity index (χ2v) is 7.63. The molecule has 0 unspecified atom stereocenters. The fourth-order valence-electron chi connectivity index (χ4n) is 2.04. The molecular formula is C14H21N3OS2. The first-order chi connectivity index (χ1) is 9.15. The maximum atomic E-state index is 12.7. The predicted octanol–water partition coefficient (Wildman–Crippen LogP) is 3.08. The minimum Gasteiger partial charge on any atom is -0.323 e. The van der Waals surface area contributed by atoms with Gasteiger partial charge in [0, 0.05) is 17.0 Å². The molecule has 0 fully saturated rings. The van der Waals surface area contributed by atoms with Crippen molar-refractivity contribution in [2.45, 2.75) is 39.8 Å². The summed E-state index contributed by atoms with van der Waals surface area (Å²) in [5, 5.41) is 0.774. The second-order valence-electron chi connectivity index (χ2n) is 6.02. The van der Waals surface area contributed by atoms with Crippen LogP contribution in [0.15, 0.2) is 4.79 Å². The summed E-state index contributed by atoms with van der Waals surface area (Å²) in [6.07, 6.45) is 0. The highest BCUT2D eigenvalue weighted by molar-refractivity contribution is 7.71. The van der Waals surface area contributed by atoms with Crippen molar-refractivity contribution in [1.29, 1.82) is 0 Å². The number of rotatable bonds is 3. The van der Waals surface area contributed by atoms with Crippen LogP contribution < -0.4 is 5.56 Å². The van der Waals surface area contributed by atoms with Gasteiger partial charge in [0.15, 0.2) is 4.77 Å². The quantitative estimate of drug-likeness (QED) is 0.886. The Balaban J connectivity index is 2.69. The van der Waals surface area contributed by atoms with Crippen LogP contribution in [0.1, 0.15) is 24.3 Å². The SMILES string of the molecule is Cc1sc2[nH]c(=S)n(CC(C)(C)N(C)C)c(=O)c2c1C. The zero-order chi connectivity index (χ0) is 15.2. The maximum absolute atomic E-state index is 12.7. The molecular weight excluding hydrogens is 290 g/mol. The smallest absolute Gasteiger partial charge is 0.263 e. The van der Waals surface area contributed by atoms with E-state index >= 15 is 0 Å². The van der Waals surface area contributed by atoms with Crippen LogP contribution >= 0.6 is 23.6 Å². The molecule has 0 saturated heterocycles. The number of hydrogen-bond acceptors (Lipinski definition) is 4. The van der Waals surface area contributed by atoms with E-state index in [1.807, 2.05) is 27.9 Å². The third kappa shape index (κ3) is 2.47. The summed E-state index contributed by atoms with van der Waals surface area (Å²) in [5.41, 5.74) is 0.927. The molecule has 0 aliphatic heterocycles. The monoisotopic (exact) mass is 311 g/mol. The molecule has 0 spiro atoms. The number of aromatic amines is 1. The van der Waals surface area contributed by atoms with Gasteiger partial charge in [-0.25, -0.2) is 0 Å². The fourth-order valence-corrected chi connectivity index (χ4v) is 3.40. The topological polar surface area (TPSA) is 41.0 Å². The molecule has 2 aromatic heterocycles. The van der Waals surface area contributed by atoms with E-state index in [0.29, 0.717) is 11.3 Å². The molecule has 2 heterocycles. The van der Waals surface area contributed by atoms with Gasteiger partial charge in [0.2, 0.25) is 0 Å². The van der Waals surface area contributed by atoms with Gasteiger partial charge in [-0.1, -0.05) is 0 Å². The van der Waals surface area contributed by atoms with Gasteiger partial charge >= 0.3 is 0 Å². The van der Waals surface area contributed by atoms with E-state index in [-0.39, 0.29) is 11.1 Å². The van der Waals surface area contributed by atoms with E-state index in [2.05, 4.69) is 23.7 Å². The molecule has 2 rings (SSSR count). The Bertz CT molecular complexity index is 765. The van der Waals surface area contributed by atoms with Gasteiger partial charge in [0.1, 0.15) is 4.83 Å². The number of aryl methyl sites for hydroxylation is 2. The molecule has 6 heteroatoms. The van der Waals surface area contributed by atoms with Gasteiger partial charge in [-0.15, -0.1) is 11.3 Å². The normalized spacial score (nSPS) is 12.6. The molecule has 2 aromatic rings. The Kier molecular flexibility index (Phi) is 3.92. The zero-order valence-corrected chi connectivity index (χ0v) is 14.5. The Morgan fingerprint density at radius 3 is 2.50 bits per heavy atom. The first-order valence-electron chi connectivity index (χ1n) is 6.55. The fraction of sp³-hybridized carbons (Fsp3) is 0.571. The van der Waals surface area contributed by atoms with Crippen LogP contribution in [0.25, 0.3) is 10.2 Å². The van der Waals surface area contributed by atoms with Crippen LogP contribution in [0.3, 0.4) is 0 Å². The summed E-state index contributed by atoms with van der Waals surface area (Å²) in [4.78, 5) is 20.1. The number of H-pyrrole nitrogens is 1. The lowest BCUT2D eigenvalue weighted by atomic mass is 10.0. The van der Waals surface area contributed by atoms with Crippen molar-refractivity contribution in [3.05, 3.63) is 25.6 Å². The van der Waals surface area contributed by atoms with Gasteiger partial charge in [-0.3, -0.25) is 9.36 Å². The highest BCUT2D eigenvalue weighted by Gasteiger charge is 2.23. The number of hydrogen-bond donors (Lipinski definition) is 1. The number of likely N-dealkylation sites (N-methyl/N-ethyl adjacent to an activating group) is 1. The lowest BCUT2D eigenvalue weighted by Gasteiger charge is -2.32. The van der Waals surface area contributed by atoms with Crippen LogP contribution in [0.4, 0.5) is 0 Å². The first-order valence-corrected chi connectivity index (χ1v) is 7.78. The average Bonchev–Trinajstić information content (AvgIpc) is 2.60. The van der Waals surface area contributed by atoms with E-state index in [4.69, 9.17) is 12.2 Å². The van der Waals surface area contributed by atoms with Crippen LogP contribution in [0, 0.1) is 18.6 Å². The molecule has 0 saturated carbocycles. The van der Waals surface area contributed by atoms with E-state index in [1.54, 1.807) is 15.9 Å². The van der Waals surface area contributed by atoms with Crippen LogP contribution in [0.2, 0.25) is 0 Å². The van der Waals surface area contributed by atoms with Crippen molar-refractivity contribution >= 4 is 33.8 Å². The summed E-state index contributed by atoms with van der Waals surface area (Å²) in [7, 11) is 4.02. The minimum absolute atomic E-state index is 0.0144. The Labute approximate surface area is 128 Å². The van der Waals surface area contributed by atoms with Crippen molar-refractivity contribution in [2.24, 2.45) is 0 Å². The summed E-state index contributed by atoms with van der Waals surface area (Å²) in [6.45, 7) is 8.80. The summed E-state index contributed by atoms with van der Waals surface area (Å²) in [5.74, 6) is 0. The first kappa shape index (κ1) is 15.4. The standard InChI is InChI=1S/C14H21N3OS2/c1-8-9(2)20-11-10(8)12(18)17(13(19)15-11)7-14(3,4)16(5)6/h7H2,1-6H3,(H,15,19). The Morgan fingerprint density at radius 1 is 1.35 bits per heavy atom. The van der Waals surface area contributed by atoms with Crippen LogP contribution in [-0.4, -0.2) is 34.1 Å². The van der Waals surface area contributed by atoms with Gasteiger partial charge in [-0.05, 0) is 59.6 Å². The molecule has 1 N–H and O–H groups in total. The molecule has 0 aliphatic carbocycles. The molecule has 110 valence electrons. The van der Waals surface area contributed by atoms with Crippen molar-refractivity contribution in [3.63, 3.8) is 0 Å². The highest BCUT2D eigenvalue weighted by Crippen LogP contribution is 2.26. The summed E-state index contributed by atoms with van der Waals surface area (Å²) in [6, 6.07) is 0. The van der Waals surface area contributed by atoms with Crippen LogP contribution in [0.5, 0.6) is 0 Å². The molecule has 0 aliphatic rings. The minimum atomic E-state index is -0.141. The molecule has 4 nitrogen and oxygen atoms in total. The summed E-state index contributed by atoms with van der Waals surface area (Å²) < 4.78 is 2.18. The average molecular weight is 311 g/mol. The van der Waals surface area contributed by atoms with Gasteiger partial charge in [-0.2, -0.15) is 0 Å². The zero-order valence-electron chi connectivity index (χ0n) is 12.8. The molecule has 0 atom stereocenters. The number of fused-ring (bicyclic) bond motifs is 1. The Hall–Kier alpha value is -0.980. The number of nitrogens with one attached hydrogen (secondary N) is 1. The van der Waals surface area contributed by atoms with Crippen molar-refractivity contribution < 1.29 is 0 Å². The van der Waals surface area contributed by atoms with Crippen molar-refractivity contribution in [2.75, 3.05) is 14.1 Å². The lowest BCUT2D eigenvalue weighted by Crippen LogP contribution is -2.44. The largest absolute Gasteiger partial charge is 0.323 e. The summed E-state index contributed by atoms with van der Waals surface area (Å²) >= 11 is 6.96. The van der Waals surface area contributed by atoms with Gasteiger partial charge in [0.25, 0.3) is 5.56 Å². The molecule has 20 heavy (non-hydrogen) atoms. The molecule has 0 amide bonds. The number of nitrogens with zero attached hydrogens (tertiary/aromatic N) is 2. The maximum Gasteiger partial charge on any atom is 0.263 e. The van der Waals surface area contributed by atoms with Crippen LogP contribution in [-0.2, 0) is 6.54 Å². The molecule has 0 bridgehead atoms. The van der Waals surface area contributed by atoms with E-state index in [1.165, 1.54) is 0 Å². The highest BCUT2D eigenvalue weighted by atomic mass is 32.1. The number of aromatic nitrogens is 2. The van der Waals surface area contributed by atoms with Crippen molar-refractivity contribution in [1.82, 2.24) is 14.5 Å². The molecule has 0 aromatic carbocycles. The van der Waals surface area contributed by atoms with Gasteiger partial charge in [0.05, 0.1) is 5.39 Å². The number of thiophene rings is 1. The third-order valence-electron chi connectivity index (χ3n) is 4.07. The van der Waals surface area contributed by atoms with E-state index in [9.17, 15) is 4.79 Å². The molecule has 0 radical (unpaired) electrons. The van der Waals surface area contributed by atoms with E-state index in [0.717, 1.165) is 20.7 Å². The second kappa shape index (κ2) is 5.09. The predicted molar refractivity (Wildman–Crippen MR) is 88.5 cm³/mol. The lowest BCUT2D eigenvalue weighted by molar-refractivity contribution is 0.167. The van der Waals surface area contributed by atoms with Gasteiger partial charge < -0.3 is 9.88 Å².